The van der Waals surface area contributed by atoms with Crippen LogP contribution in [0.3, 0.4) is 0 Å². The number of amides is 1. The molecule has 0 saturated carbocycles. The fourth-order valence-electron chi connectivity index (χ4n) is 2.36. The number of alkyl halides is 2. The van der Waals surface area contributed by atoms with Gasteiger partial charge in [0.15, 0.2) is 0 Å². The molecule has 0 unspecified atom stereocenters. The lowest BCUT2D eigenvalue weighted by Gasteiger charge is -2.23. The molecule has 1 N–H and O–H groups in total. The van der Waals surface area contributed by atoms with Crippen molar-refractivity contribution in [2.45, 2.75) is 17.7 Å². The third kappa shape index (κ3) is 4.04. The first-order chi connectivity index (χ1) is 10.9. The molecule has 0 aromatic heterocycles. The zero-order chi connectivity index (χ0) is 17.0. The number of carbonyl (C=O) groups is 1. The summed E-state index contributed by atoms with van der Waals surface area (Å²) in [5.74, 6) is -0.361. The van der Waals surface area contributed by atoms with E-state index in [1.165, 1.54) is 19.2 Å². The van der Waals surface area contributed by atoms with Crippen molar-refractivity contribution >= 4 is 15.9 Å². The van der Waals surface area contributed by atoms with E-state index in [9.17, 15) is 22.0 Å². The van der Waals surface area contributed by atoms with Gasteiger partial charge in [-0.2, -0.15) is 4.31 Å². The summed E-state index contributed by atoms with van der Waals surface area (Å²) in [7, 11) is -2.77. The maximum absolute atomic E-state index is 12.7. The lowest BCUT2D eigenvalue weighted by molar-refractivity contribution is 0.0945. The van der Waals surface area contributed by atoms with Crippen LogP contribution in [0, 0.1) is 0 Å². The molecule has 0 radical (unpaired) electrons. The van der Waals surface area contributed by atoms with Crippen LogP contribution in [0.2, 0.25) is 0 Å². The van der Waals surface area contributed by atoms with Gasteiger partial charge in [0.1, 0.15) is 0 Å². The van der Waals surface area contributed by atoms with E-state index >= 15 is 0 Å². The molecular weight excluding hydrogens is 330 g/mol. The van der Waals surface area contributed by atoms with E-state index in [1.807, 2.05) is 0 Å². The monoisotopic (exact) mass is 348 g/mol. The molecule has 0 atom stereocenters. The van der Waals surface area contributed by atoms with Crippen LogP contribution in [0.1, 0.15) is 15.9 Å². The Labute approximate surface area is 133 Å². The topological polar surface area (TPSA) is 75.7 Å². The number of sulfonamides is 1. The fraction of sp³-hybridized carbons (Fsp3) is 0.500. The third-order valence-corrected chi connectivity index (χ3v) is 5.39. The second-order valence-corrected chi connectivity index (χ2v) is 7.01. The number of rotatable bonds is 7. The van der Waals surface area contributed by atoms with Gasteiger partial charge < -0.3 is 10.1 Å². The Morgan fingerprint density at radius 3 is 2.78 bits per heavy atom. The smallest absolute Gasteiger partial charge is 0.252 e. The van der Waals surface area contributed by atoms with Crippen LogP contribution in [0.15, 0.2) is 23.1 Å². The van der Waals surface area contributed by atoms with E-state index in [4.69, 9.17) is 4.74 Å². The summed E-state index contributed by atoms with van der Waals surface area (Å²) in [5, 5.41) is 2.63. The summed E-state index contributed by atoms with van der Waals surface area (Å²) in [4.78, 5) is 11.6. The van der Waals surface area contributed by atoms with E-state index < -0.39 is 23.0 Å². The molecule has 128 valence electrons. The molecule has 0 fully saturated rings. The van der Waals surface area contributed by atoms with E-state index in [0.29, 0.717) is 17.3 Å². The largest absolute Gasteiger partial charge is 0.383 e. The molecule has 6 nitrogen and oxygen atoms in total. The van der Waals surface area contributed by atoms with Gasteiger partial charge in [-0.1, -0.05) is 6.07 Å². The van der Waals surface area contributed by atoms with Crippen LogP contribution >= 0.6 is 0 Å². The molecule has 9 heteroatoms. The van der Waals surface area contributed by atoms with Crippen LogP contribution in [0.4, 0.5) is 8.78 Å². The SMILES string of the molecule is COCCN(CC(F)F)S(=O)(=O)c1ccc2c(c1)C(=O)NCC2. The normalized spacial score (nSPS) is 14.9. The minimum absolute atomic E-state index is 0.00260. The summed E-state index contributed by atoms with van der Waals surface area (Å²) < 4.78 is 56.0. The summed E-state index contributed by atoms with van der Waals surface area (Å²) in [6, 6.07) is 4.14. The number of ether oxygens (including phenoxy) is 1. The molecule has 0 spiro atoms. The Morgan fingerprint density at radius 1 is 1.39 bits per heavy atom. The molecule has 0 bridgehead atoms. The van der Waals surface area contributed by atoms with Gasteiger partial charge in [0, 0.05) is 25.8 Å². The zero-order valence-corrected chi connectivity index (χ0v) is 13.4. The minimum Gasteiger partial charge on any atom is -0.383 e. The third-order valence-electron chi connectivity index (χ3n) is 3.53. The highest BCUT2D eigenvalue weighted by Gasteiger charge is 2.29. The molecule has 1 heterocycles. The van der Waals surface area contributed by atoms with Gasteiger partial charge in [0.25, 0.3) is 12.3 Å². The zero-order valence-electron chi connectivity index (χ0n) is 12.6. The lowest BCUT2D eigenvalue weighted by atomic mass is 10.0. The number of hydrogen-bond acceptors (Lipinski definition) is 4. The standard InChI is InChI=1S/C14H18F2N2O4S/c1-22-7-6-18(9-13(15)16)23(20,21)11-3-2-10-4-5-17-14(19)12(10)8-11/h2-3,8,13H,4-7,9H2,1H3,(H,17,19). The van der Waals surface area contributed by atoms with Gasteiger partial charge >= 0.3 is 0 Å². The van der Waals surface area contributed by atoms with Crippen molar-refractivity contribution < 1.29 is 26.7 Å². The van der Waals surface area contributed by atoms with Crippen molar-refractivity contribution in [1.29, 1.82) is 0 Å². The molecule has 23 heavy (non-hydrogen) atoms. The molecule has 1 aromatic carbocycles. The Hall–Kier alpha value is -1.58. The van der Waals surface area contributed by atoms with E-state index in [0.717, 1.165) is 5.56 Å². The van der Waals surface area contributed by atoms with Crippen molar-refractivity contribution in [3.63, 3.8) is 0 Å². The van der Waals surface area contributed by atoms with Crippen LogP contribution in [0.5, 0.6) is 0 Å². The highest BCUT2D eigenvalue weighted by atomic mass is 32.2. The second kappa shape index (κ2) is 7.33. The predicted molar refractivity (Wildman–Crippen MR) is 79.1 cm³/mol. The first kappa shape index (κ1) is 17.8. The van der Waals surface area contributed by atoms with Gasteiger partial charge in [-0.15, -0.1) is 0 Å². The molecule has 1 aliphatic heterocycles. The van der Waals surface area contributed by atoms with Gasteiger partial charge in [0.2, 0.25) is 10.0 Å². The average molecular weight is 348 g/mol. The molecule has 0 aliphatic carbocycles. The van der Waals surface area contributed by atoms with Crippen molar-refractivity contribution in [3.8, 4) is 0 Å². The molecule has 1 aromatic rings. The summed E-state index contributed by atoms with van der Waals surface area (Å²) >= 11 is 0. The highest BCUT2D eigenvalue weighted by molar-refractivity contribution is 7.89. The van der Waals surface area contributed by atoms with Gasteiger partial charge in [-0.25, -0.2) is 17.2 Å². The lowest BCUT2D eigenvalue weighted by Crippen LogP contribution is -2.38. The molecule has 1 amide bonds. The number of carbonyl (C=O) groups excluding carboxylic acids is 1. The van der Waals surface area contributed by atoms with Crippen molar-refractivity contribution in [3.05, 3.63) is 29.3 Å². The van der Waals surface area contributed by atoms with Gasteiger partial charge in [-0.05, 0) is 24.1 Å². The van der Waals surface area contributed by atoms with E-state index in [2.05, 4.69) is 5.32 Å². The van der Waals surface area contributed by atoms with Crippen LogP contribution in [-0.2, 0) is 21.2 Å². The predicted octanol–water partition coefficient (Wildman–Crippen LogP) is 0.875. The van der Waals surface area contributed by atoms with Crippen LogP contribution in [0.25, 0.3) is 0 Å². The fourth-order valence-corrected chi connectivity index (χ4v) is 3.79. The van der Waals surface area contributed by atoms with Crippen molar-refractivity contribution in [2.24, 2.45) is 0 Å². The maximum atomic E-state index is 12.7. The van der Waals surface area contributed by atoms with Gasteiger partial charge in [-0.3, -0.25) is 4.79 Å². The van der Waals surface area contributed by atoms with Crippen molar-refractivity contribution in [2.75, 3.05) is 33.4 Å². The van der Waals surface area contributed by atoms with E-state index in [1.54, 1.807) is 6.07 Å². The number of hydrogen-bond donors (Lipinski definition) is 1. The van der Waals surface area contributed by atoms with Crippen LogP contribution < -0.4 is 5.32 Å². The first-order valence-electron chi connectivity index (χ1n) is 7.04. The number of nitrogens with zero attached hydrogens (tertiary/aromatic N) is 1. The Bertz CT molecular complexity index is 679. The summed E-state index contributed by atoms with van der Waals surface area (Å²) in [6.07, 6.45) is -2.20. The Morgan fingerprint density at radius 2 is 2.13 bits per heavy atom. The summed E-state index contributed by atoms with van der Waals surface area (Å²) in [6.45, 7) is -0.623. The maximum Gasteiger partial charge on any atom is 0.252 e. The number of halogens is 2. The van der Waals surface area contributed by atoms with Crippen molar-refractivity contribution in [1.82, 2.24) is 9.62 Å². The molecule has 1 aliphatic rings. The number of benzene rings is 1. The molecule has 0 saturated heterocycles. The second-order valence-electron chi connectivity index (χ2n) is 5.07. The number of fused-ring (bicyclic) bond motifs is 1. The summed E-state index contributed by atoms with van der Waals surface area (Å²) in [5.41, 5.74) is 1.01. The minimum atomic E-state index is -4.13. The quantitative estimate of drug-likeness (QED) is 0.794. The Kier molecular flexibility index (Phi) is 5.66. The average Bonchev–Trinajstić information content (AvgIpc) is 2.51. The highest BCUT2D eigenvalue weighted by Crippen LogP contribution is 2.22. The number of methoxy groups -OCH3 is 1. The van der Waals surface area contributed by atoms with Crippen LogP contribution in [-0.4, -0.2) is 58.4 Å². The molecular formula is C14H18F2N2O4S. The van der Waals surface area contributed by atoms with E-state index in [-0.39, 0.29) is 29.5 Å². The number of nitrogens with one attached hydrogen (secondary N) is 1. The molecule has 2 rings (SSSR count). The van der Waals surface area contributed by atoms with Gasteiger partial charge in [0.05, 0.1) is 18.0 Å². The Balaban J connectivity index is 2.36. The first-order valence-corrected chi connectivity index (χ1v) is 8.48.